The zero-order valence-corrected chi connectivity index (χ0v) is 18.4. The molecule has 0 fully saturated rings. The number of ketones is 1. The van der Waals surface area contributed by atoms with Crippen molar-refractivity contribution in [1.82, 2.24) is 10.0 Å². The van der Waals surface area contributed by atoms with Gasteiger partial charge in [0.2, 0.25) is 0 Å². The number of hydrogen-bond acceptors (Lipinski definition) is 4. The predicted octanol–water partition coefficient (Wildman–Crippen LogP) is 3.76. The summed E-state index contributed by atoms with van der Waals surface area (Å²) in [6.45, 7) is 10.4. The Morgan fingerprint density at radius 2 is 1.80 bits per heavy atom. The van der Waals surface area contributed by atoms with Crippen molar-refractivity contribution in [3.63, 3.8) is 0 Å². The molecule has 162 valence electrons. The molecule has 2 amide bonds. The molecule has 0 saturated heterocycles. The molecule has 1 aromatic carbocycles. The van der Waals surface area contributed by atoms with Crippen molar-refractivity contribution in [2.45, 2.75) is 53.6 Å². The first-order valence-corrected chi connectivity index (χ1v) is 9.65. The fraction of sp³-hybridized carbons (Fsp3) is 0.409. The number of hydroxylamine groups is 1. The van der Waals surface area contributed by atoms with Gasteiger partial charge < -0.3 is 9.88 Å². The highest BCUT2D eigenvalue weighted by Gasteiger charge is 2.29. The number of benzene rings is 1. The molecule has 0 aliphatic heterocycles. The number of Topliss-reactive ketones (excluding diaryl/α,β-unsaturated/α-hetero) is 1. The van der Waals surface area contributed by atoms with Crippen LogP contribution in [0.15, 0.2) is 18.2 Å². The van der Waals surface area contributed by atoms with Crippen LogP contribution in [0.5, 0.6) is 0 Å². The number of carbonyl (C=O) groups is 3. The quantitative estimate of drug-likeness (QED) is 0.408. The molecule has 0 aliphatic rings. The summed E-state index contributed by atoms with van der Waals surface area (Å²) in [4.78, 5) is 43.2. The van der Waals surface area contributed by atoms with E-state index in [4.69, 9.17) is 4.84 Å². The highest BCUT2D eigenvalue weighted by Crippen LogP contribution is 2.24. The Labute approximate surface area is 175 Å². The predicted molar refractivity (Wildman–Crippen MR) is 112 cm³/mol. The number of aryl methyl sites for hydroxylation is 1. The van der Waals surface area contributed by atoms with E-state index in [1.165, 1.54) is 22.8 Å². The maximum Gasteiger partial charge on any atom is 0.317 e. The van der Waals surface area contributed by atoms with Crippen molar-refractivity contribution in [1.29, 1.82) is 0 Å². The maximum absolute atomic E-state index is 13.5. The van der Waals surface area contributed by atoms with E-state index in [1.807, 2.05) is 6.92 Å². The molecule has 7 nitrogen and oxygen atoms in total. The van der Waals surface area contributed by atoms with Gasteiger partial charge in [0.1, 0.15) is 5.82 Å². The van der Waals surface area contributed by atoms with Crippen molar-refractivity contribution in [3.8, 4) is 0 Å². The first-order chi connectivity index (χ1) is 13.9. The molecule has 0 aliphatic carbocycles. The molecule has 0 bridgehead atoms. The highest BCUT2D eigenvalue weighted by atomic mass is 19.1. The first-order valence-electron chi connectivity index (χ1n) is 9.65. The Bertz CT molecular complexity index is 1010. The lowest BCUT2D eigenvalue weighted by Gasteiger charge is -2.22. The molecular weight excluding hydrogens is 389 g/mol. The summed E-state index contributed by atoms with van der Waals surface area (Å²) >= 11 is 0. The third-order valence-electron chi connectivity index (χ3n) is 5.27. The van der Waals surface area contributed by atoms with E-state index < -0.39 is 23.2 Å². The second kappa shape index (κ2) is 8.79. The number of nitrogens with one attached hydrogen (secondary N) is 2. The molecule has 2 rings (SSSR count). The van der Waals surface area contributed by atoms with Crippen molar-refractivity contribution in [3.05, 3.63) is 52.1 Å². The average molecular weight is 417 g/mol. The summed E-state index contributed by atoms with van der Waals surface area (Å²) in [5.74, 6) is -2.54. The van der Waals surface area contributed by atoms with Crippen LogP contribution in [0.2, 0.25) is 0 Å². The van der Waals surface area contributed by atoms with Crippen LogP contribution in [-0.4, -0.2) is 27.8 Å². The van der Waals surface area contributed by atoms with E-state index in [0.717, 1.165) is 0 Å². The van der Waals surface area contributed by atoms with Crippen molar-refractivity contribution in [2.24, 2.45) is 7.05 Å². The van der Waals surface area contributed by atoms with Crippen LogP contribution in [0.3, 0.4) is 0 Å². The number of amides is 2. The average Bonchev–Trinajstić information content (AvgIpc) is 2.91. The lowest BCUT2D eigenvalue weighted by Crippen LogP contribution is -2.39. The van der Waals surface area contributed by atoms with E-state index in [0.29, 0.717) is 28.9 Å². The molecule has 0 atom stereocenters. The normalized spacial score (nSPS) is 11.3. The summed E-state index contributed by atoms with van der Waals surface area (Å²) in [5.41, 5.74) is 3.70. The summed E-state index contributed by atoms with van der Waals surface area (Å²) in [6, 6.07) is 4.25. The molecule has 0 spiro atoms. The number of anilines is 1. The van der Waals surface area contributed by atoms with Crippen LogP contribution in [0.25, 0.3) is 0 Å². The second-order valence-corrected chi connectivity index (χ2v) is 7.89. The standard InChI is InChI=1S/C22H28FN3O4/c1-8-22(5,6)30-25-21(29)19(27)18-13(3)17(14(4)26(18)7)20(28)24-15-9-10-16(23)12(2)11-15/h9-11H,8H2,1-7H3,(H,24,28)(H,25,29). The molecular formula is C22H28FN3O4. The fourth-order valence-corrected chi connectivity index (χ4v) is 2.96. The molecule has 1 heterocycles. The second-order valence-electron chi connectivity index (χ2n) is 7.89. The Morgan fingerprint density at radius 1 is 1.17 bits per heavy atom. The van der Waals surface area contributed by atoms with Crippen LogP contribution in [0.1, 0.15) is 64.9 Å². The minimum Gasteiger partial charge on any atom is -0.344 e. The third kappa shape index (κ3) is 4.76. The van der Waals surface area contributed by atoms with E-state index >= 15 is 0 Å². The third-order valence-corrected chi connectivity index (χ3v) is 5.27. The molecule has 30 heavy (non-hydrogen) atoms. The van der Waals surface area contributed by atoms with Crippen LogP contribution in [0, 0.1) is 26.6 Å². The summed E-state index contributed by atoms with van der Waals surface area (Å²) in [5, 5.41) is 2.71. The van der Waals surface area contributed by atoms with Gasteiger partial charge in [-0.2, -0.15) is 0 Å². The molecule has 0 saturated carbocycles. The fourth-order valence-electron chi connectivity index (χ4n) is 2.96. The van der Waals surface area contributed by atoms with Gasteiger partial charge in [-0.1, -0.05) is 6.92 Å². The number of aromatic nitrogens is 1. The molecule has 8 heteroatoms. The molecule has 1 aromatic heterocycles. The van der Waals surface area contributed by atoms with Gasteiger partial charge in [-0.25, -0.2) is 9.87 Å². The SMILES string of the molecule is CCC(C)(C)ONC(=O)C(=O)c1c(C)c(C(=O)Nc2ccc(F)c(C)c2)c(C)n1C. The molecule has 0 unspecified atom stereocenters. The van der Waals surface area contributed by atoms with Crippen molar-refractivity contribution in [2.75, 3.05) is 5.32 Å². The maximum atomic E-state index is 13.5. The van der Waals surface area contributed by atoms with E-state index in [9.17, 15) is 18.8 Å². The topological polar surface area (TPSA) is 89.4 Å². The van der Waals surface area contributed by atoms with Gasteiger partial charge in [-0.05, 0) is 70.4 Å². The van der Waals surface area contributed by atoms with Crippen LogP contribution in [0.4, 0.5) is 10.1 Å². The molecule has 2 N–H and O–H groups in total. The zero-order valence-electron chi connectivity index (χ0n) is 18.4. The smallest absolute Gasteiger partial charge is 0.317 e. The van der Waals surface area contributed by atoms with E-state index in [1.54, 1.807) is 41.7 Å². The van der Waals surface area contributed by atoms with Gasteiger partial charge in [-0.3, -0.25) is 19.2 Å². The van der Waals surface area contributed by atoms with Crippen molar-refractivity contribution < 1.29 is 23.6 Å². The number of rotatable bonds is 7. The summed E-state index contributed by atoms with van der Waals surface area (Å²) < 4.78 is 15.0. The Morgan fingerprint density at radius 3 is 2.37 bits per heavy atom. The monoisotopic (exact) mass is 417 g/mol. The Balaban J connectivity index is 2.29. The van der Waals surface area contributed by atoms with E-state index in [2.05, 4.69) is 10.8 Å². The minimum absolute atomic E-state index is 0.100. The van der Waals surface area contributed by atoms with Crippen LogP contribution in [-0.2, 0) is 16.7 Å². The lowest BCUT2D eigenvalue weighted by atomic mass is 10.1. The largest absolute Gasteiger partial charge is 0.344 e. The first kappa shape index (κ1) is 23.3. The van der Waals surface area contributed by atoms with E-state index in [-0.39, 0.29) is 17.1 Å². The van der Waals surface area contributed by atoms with Gasteiger partial charge in [0.25, 0.3) is 11.7 Å². The molecule has 0 radical (unpaired) electrons. The number of hydrogen-bond donors (Lipinski definition) is 2. The van der Waals surface area contributed by atoms with Crippen LogP contribution < -0.4 is 10.8 Å². The van der Waals surface area contributed by atoms with Gasteiger partial charge in [0.15, 0.2) is 0 Å². The number of halogens is 1. The van der Waals surface area contributed by atoms with Gasteiger partial charge in [-0.15, -0.1) is 0 Å². The number of nitrogens with zero attached hydrogens (tertiary/aromatic N) is 1. The highest BCUT2D eigenvalue weighted by molar-refractivity contribution is 6.42. The molecule has 2 aromatic rings. The van der Waals surface area contributed by atoms with Gasteiger partial charge in [0, 0.05) is 18.4 Å². The van der Waals surface area contributed by atoms with Gasteiger partial charge >= 0.3 is 5.91 Å². The number of carbonyl (C=O) groups excluding carboxylic acids is 3. The lowest BCUT2D eigenvalue weighted by molar-refractivity contribution is -0.143. The summed E-state index contributed by atoms with van der Waals surface area (Å²) in [7, 11) is 1.61. The minimum atomic E-state index is -0.915. The van der Waals surface area contributed by atoms with Gasteiger partial charge in [0.05, 0.1) is 16.9 Å². The zero-order chi connectivity index (χ0) is 22.8. The summed E-state index contributed by atoms with van der Waals surface area (Å²) in [6.07, 6.45) is 0.636. The Kier molecular flexibility index (Phi) is 6.82. The Hall–Kier alpha value is -3.00. The van der Waals surface area contributed by atoms with Crippen molar-refractivity contribution >= 4 is 23.3 Å². The van der Waals surface area contributed by atoms with Crippen LogP contribution >= 0.6 is 0 Å².